The molecule has 1 amide bonds. The Kier molecular flexibility index (Phi) is 11.6. The first kappa shape index (κ1) is 29.0. The summed E-state index contributed by atoms with van der Waals surface area (Å²) in [6.07, 6.45) is 9.98. The summed E-state index contributed by atoms with van der Waals surface area (Å²) in [5, 5.41) is 9.60. The quantitative estimate of drug-likeness (QED) is 0.182. The maximum absolute atomic E-state index is 12.9. The van der Waals surface area contributed by atoms with Gasteiger partial charge < -0.3 is 14.8 Å². The van der Waals surface area contributed by atoms with E-state index in [9.17, 15) is 9.59 Å². The number of anilines is 1. The van der Waals surface area contributed by atoms with Crippen molar-refractivity contribution in [2.75, 3.05) is 43.1 Å². The van der Waals surface area contributed by atoms with Gasteiger partial charge in [0, 0.05) is 41.8 Å². The van der Waals surface area contributed by atoms with Gasteiger partial charge in [0.15, 0.2) is 0 Å². The van der Waals surface area contributed by atoms with Crippen molar-refractivity contribution in [1.29, 1.82) is 0 Å². The van der Waals surface area contributed by atoms with Crippen molar-refractivity contribution < 1.29 is 19.1 Å². The average molecular weight is 552 g/mol. The van der Waals surface area contributed by atoms with Gasteiger partial charge in [0.1, 0.15) is 5.75 Å². The second-order valence-corrected chi connectivity index (χ2v) is 11.5. The summed E-state index contributed by atoms with van der Waals surface area (Å²) in [7, 11) is 0. The van der Waals surface area contributed by atoms with Crippen molar-refractivity contribution in [2.24, 2.45) is 11.0 Å². The second-order valence-electron chi connectivity index (χ2n) is 10.3. The smallest absolute Gasteiger partial charge is 0.306 e. The molecule has 0 radical (unpaired) electrons. The fourth-order valence-electron chi connectivity index (χ4n) is 4.74. The summed E-state index contributed by atoms with van der Waals surface area (Å²) >= 11 is 1.96. The third kappa shape index (κ3) is 9.60. The Morgan fingerprint density at radius 3 is 2.64 bits per heavy atom. The van der Waals surface area contributed by atoms with Gasteiger partial charge in [0.05, 0.1) is 25.8 Å². The van der Waals surface area contributed by atoms with Crippen molar-refractivity contribution in [3.8, 4) is 5.75 Å². The van der Waals surface area contributed by atoms with E-state index in [1.54, 1.807) is 6.07 Å². The largest absolute Gasteiger partial charge is 0.493 e. The van der Waals surface area contributed by atoms with Gasteiger partial charge in [-0.25, -0.2) is 0 Å². The third-order valence-corrected chi connectivity index (χ3v) is 8.00. The molecule has 0 bridgehead atoms. The zero-order valence-corrected chi connectivity index (χ0v) is 23.8. The highest BCUT2D eigenvalue weighted by molar-refractivity contribution is 7.99. The monoisotopic (exact) mass is 551 g/mol. The van der Waals surface area contributed by atoms with E-state index in [4.69, 9.17) is 9.47 Å². The van der Waals surface area contributed by atoms with E-state index in [0.717, 1.165) is 60.7 Å². The van der Waals surface area contributed by atoms with E-state index in [0.29, 0.717) is 30.9 Å². The Morgan fingerprint density at radius 1 is 1.08 bits per heavy atom. The van der Waals surface area contributed by atoms with Gasteiger partial charge >= 0.3 is 5.97 Å². The van der Waals surface area contributed by atoms with Gasteiger partial charge in [0.25, 0.3) is 5.91 Å². The average Bonchev–Trinajstić information content (AvgIpc) is 2.96. The maximum atomic E-state index is 12.9. The summed E-state index contributed by atoms with van der Waals surface area (Å²) in [5.74, 6) is 2.69. The maximum Gasteiger partial charge on any atom is 0.306 e. The molecule has 8 heteroatoms. The number of nitrogens with one attached hydrogen (secondary N) is 1. The van der Waals surface area contributed by atoms with Gasteiger partial charge in [-0.05, 0) is 48.2 Å². The number of unbranched alkanes of at least 4 members (excludes halogenated alkanes) is 5. The molecule has 1 N–H and O–H groups in total. The Balaban J connectivity index is 1.20. The molecule has 210 valence electrons. The molecule has 0 aliphatic carbocycles. The number of carbonyl (C=O) groups excluding carboxylic acids is 2. The minimum absolute atomic E-state index is 0.0880. The molecule has 0 saturated carbocycles. The number of hydrazone groups is 1. The predicted octanol–water partition coefficient (Wildman–Crippen LogP) is 6.17. The number of esters is 1. The number of ether oxygens (including phenoxy) is 2. The van der Waals surface area contributed by atoms with Gasteiger partial charge in [-0.15, -0.1) is 0 Å². The molecule has 1 atom stereocenters. The van der Waals surface area contributed by atoms with E-state index in [1.807, 2.05) is 54.4 Å². The number of fused-ring (bicyclic) bond motifs is 1. The molecule has 1 saturated heterocycles. The Labute approximate surface area is 236 Å². The molecule has 4 rings (SSSR count). The van der Waals surface area contributed by atoms with Crippen LogP contribution in [0.2, 0.25) is 0 Å². The minimum atomic E-state index is -0.186. The SMILES string of the molecule is CCCCCCCCOC(=O)CC1COc2cc(C(=O)Nc3ccc(C=NN4CCSCC4)cc3)ccc2C1. The first-order valence-electron chi connectivity index (χ1n) is 14.3. The summed E-state index contributed by atoms with van der Waals surface area (Å²) in [6, 6.07) is 13.2. The van der Waals surface area contributed by atoms with Crippen molar-refractivity contribution in [3.63, 3.8) is 0 Å². The van der Waals surface area contributed by atoms with Crippen molar-refractivity contribution in [1.82, 2.24) is 5.01 Å². The van der Waals surface area contributed by atoms with Crippen molar-refractivity contribution in [3.05, 3.63) is 59.2 Å². The lowest BCUT2D eigenvalue weighted by Gasteiger charge is -2.25. The number of nitrogens with zero attached hydrogens (tertiary/aromatic N) is 2. The number of amides is 1. The van der Waals surface area contributed by atoms with Crippen LogP contribution in [-0.4, -0.2) is 60.9 Å². The second kappa shape index (κ2) is 15.6. The lowest BCUT2D eigenvalue weighted by Crippen LogP contribution is -2.27. The molecule has 1 fully saturated rings. The molecule has 2 heterocycles. The lowest BCUT2D eigenvalue weighted by atomic mass is 9.93. The molecule has 0 aromatic heterocycles. The van der Waals surface area contributed by atoms with Gasteiger partial charge in [-0.2, -0.15) is 16.9 Å². The van der Waals surface area contributed by atoms with Crippen LogP contribution in [0.25, 0.3) is 0 Å². The van der Waals surface area contributed by atoms with Gasteiger partial charge in [-0.1, -0.05) is 57.2 Å². The van der Waals surface area contributed by atoms with Crippen LogP contribution in [0.5, 0.6) is 5.75 Å². The zero-order chi connectivity index (χ0) is 27.3. The lowest BCUT2D eigenvalue weighted by molar-refractivity contribution is -0.145. The minimum Gasteiger partial charge on any atom is -0.493 e. The van der Waals surface area contributed by atoms with E-state index in [1.165, 1.54) is 25.7 Å². The summed E-state index contributed by atoms with van der Waals surface area (Å²) < 4.78 is 11.4. The van der Waals surface area contributed by atoms with E-state index < -0.39 is 0 Å². The van der Waals surface area contributed by atoms with Crippen LogP contribution in [0.4, 0.5) is 5.69 Å². The number of hydrogen-bond donors (Lipinski definition) is 1. The highest BCUT2D eigenvalue weighted by atomic mass is 32.2. The van der Waals surface area contributed by atoms with Crippen LogP contribution in [0.1, 0.15) is 73.4 Å². The Hall–Kier alpha value is -3.00. The van der Waals surface area contributed by atoms with Crippen LogP contribution < -0.4 is 10.1 Å². The van der Waals surface area contributed by atoms with E-state index in [-0.39, 0.29) is 17.8 Å². The Bertz CT molecular complexity index is 1100. The summed E-state index contributed by atoms with van der Waals surface area (Å²) in [6.45, 7) is 5.11. The molecular formula is C31H41N3O4S. The van der Waals surface area contributed by atoms with E-state index >= 15 is 0 Å². The number of thioether (sulfide) groups is 1. The Morgan fingerprint density at radius 2 is 1.85 bits per heavy atom. The molecule has 0 spiro atoms. The molecule has 39 heavy (non-hydrogen) atoms. The normalized spacial score (nSPS) is 16.9. The topological polar surface area (TPSA) is 80.2 Å². The summed E-state index contributed by atoms with van der Waals surface area (Å²) in [5.41, 5.74) is 3.28. The fourth-order valence-corrected chi connectivity index (χ4v) is 5.63. The van der Waals surface area contributed by atoms with Gasteiger partial charge in [0.2, 0.25) is 0 Å². The van der Waals surface area contributed by atoms with Crippen LogP contribution in [0, 0.1) is 5.92 Å². The van der Waals surface area contributed by atoms with Crippen LogP contribution >= 0.6 is 11.8 Å². The van der Waals surface area contributed by atoms with Crippen molar-refractivity contribution in [2.45, 2.75) is 58.3 Å². The highest BCUT2D eigenvalue weighted by Gasteiger charge is 2.24. The third-order valence-electron chi connectivity index (χ3n) is 7.05. The predicted molar refractivity (Wildman–Crippen MR) is 159 cm³/mol. The standard InChI is InChI=1S/C31H41N3O4S/c1-2-3-4-5-6-7-16-37-30(35)20-25-19-26-10-11-27(21-29(26)38-23-25)31(36)33-28-12-8-24(9-13-28)22-32-34-14-17-39-18-15-34/h8-13,21-22,25H,2-7,14-20,23H2,1H3,(H,33,36). The van der Waals surface area contributed by atoms with Crippen molar-refractivity contribution >= 4 is 35.5 Å². The van der Waals surface area contributed by atoms with E-state index in [2.05, 4.69) is 22.4 Å². The molecular weight excluding hydrogens is 510 g/mol. The number of rotatable bonds is 13. The molecule has 2 aliphatic heterocycles. The first-order chi connectivity index (χ1) is 19.1. The fraction of sp³-hybridized carbons (Fsp3) is 0.516. The van der Waals surface area contributed by atoms with Crippen LogP contribution in [0.15, 0.2) is 47.6 Å². The van der Waals surface area contributed by atoms with Gasteiger partial charge in [-0.3, -0.25) is 14.6 Å². The number of hydrogen-bond acceptors (Lipinski definition) is 7. The highest BCUT2D eigenvalue weighted by Crippen LogP contribution is 2.30. The molecule has 2 aromatic carbocycles. The molecule has 7 nitrogen and oxygen atoms in total. The van der Waals surface area contributed by atoms with Crippen LogP contribution in [-0.2, 0) is 16.0 Å². The molecule has 2 aliphatic rings. The summed E-state index contributed by atoms with van der Waals surface area (Å²) in [4.78, 5) is 25.1. The van der Waals surface area contributed by atoms with Crippen LogP contribution in [0.3, 0.4) is 0 Å². The molecule has 2 aromatic rings. The number of carbonyl (C=O) groups is 2. The number of benzene rings is 2. The first-order valence-corrected chi connectivity index (χ1v) is 15.5. The zero-order valence-electron chi connectivity index (χ0n) is 23.0. The molecule has 1 unspecified atom stereocenters.